The number of aromatic amines is 1. The highest BCUT2D eigenvalue weighted by Gasteiger charge is 2.19. The molecule has 0 saturated carbocycles. The number of methoxy groups -OCH3 is 1. The van der Waals surface area contributed by atoms with Gasteiger partial charge in [-0.3, -0.25) is 14.6 Å². The fourth-order valence-corrected chi connectivity index (χ4v) is 3.21. The van der Waals surface area contributed by atoms with Gasteiger partial charge in [0.05, 0.1) is 12.6 Å². The lowest BCUT2D eigenvalue weighted by Gasteiger charge is -2.12. The fraction of sp³-hybridized carbons (Fsp3) is 0.118. The van der Waals surface area contributed by atoms with Gasteiger partial charge in [0.1, 0.15) is 11.5 Å². The van der Waals surface area contributed by atoms with Crippen LogP contribution in [0.25, 0.3) is 22.2 Å². The summed E-state index contributed by atoms with van der Waals surface area (Å²) in [6.07, 6.45) is 0. The molecule has 27 heavy (non-hydrogen) atoms. The van der Waals surface area contributed by atoms with E-state index in [0.29, 0.717) is 39.4 Å². The molecule has 10 heteroatoms. The van der Waals surface area contributed by atoms with Gasteiger partial charge >= 0.3 is 7.82 Å². The molecule has 9 nitrogen and oxygen atoms in total. The molecule has 4 rings (SSSR count). The zero-order valence-corrected chi connectivity index (χ0v) is 14.9. The molecule has 0 fully saturated rings. The predicted molar refractivity (Wildman–Crippen MR) is 95.4 cm³/mol. The largest absolute Gasteiger partial charge is 0.524 e. The van der Waals surface area contributed by atoms with Crippen molar-refractivity contribution >= 4 is 18.7 Å². The van der Waals surface area contributed by atoms with Crippen molar-refractivity contribution in [3.63, 3.8) is 0 Å². The molecular formula is C17H14NO8P. The number of benzene rings is 2. The molecule has 0 spiro atoms. The molecule has 0 saturated heterocycles. The number of nitrogens with one attached hydrogen (secondary N) is 1. The summed E-state index contributed by atoms with van der Waals surface area (Å²) in [7, 11) is -3.34. The minimum Gasteiger partial charge on any atom is -0.497 e. The minimum atomic E-state index is -4.75. The molecule has 0 unspecified atom stereocenters. The molecule has 2 aromatic carbocycles. The lowest BCUT2D eigenvalue weighted by atomic mass is 10.1. The maximum absolute atomic E-state index is 12.5. The average molecular weight is 391 g/mol. The van der Waals surface area contributed by atoms with E-state index in [1.54, 1.807) is 18.2 Å². The van der Waals surface area contributed by atoms with E-state index in [0.717, 1.165) is 0 Å². The summed E-state index contributed by atoms with van der Waals surface area (Å²) in [5.74, 6) is 1.23. The van der Waals surface area contributed by atoms with Crippen molar-refractivity contribution in [1.29, 1.82) is 0 Å². The Morgan fingerprint density at radius 3 is 2.44 bits per heavy atom. The zero-order valence-electron chi connectivity index (χ0n) is 14.0. The van der Waals surface area contributed by atoms with Gasteiger partial charge in [-0.15, -0.1) is 0 Å². The first kappa shape index (κ1) is 17.4. The van der Waals surface area contributed by atoms with Crippen LogP contribution in [0.1, 0.15) is 0 Å². The van der Waals surface area contributed by atoms with E-state index in [1.807, 2.05) is 0 Å². The van der Waals surface area contributed by atoms with Gasteiger partial charge < -0.3 is 23.7 Å². The van der Waals surface area contributed by atoms with Gasteiger partial charge in [-0.25, -0.2) is 4.57 Å². The summed E-state index contributed by atoms with van der Waals surface area (Å²) < 4.78 is 31.5. The normalized spacial score (nSPS) is 13.0. The summed E-state index contributed by atoms with van der Waals surface area (Å²) in [5, 5.41) is 0.428. The van der Waals surface area contributed by atoms with Gasteiger partial charge in [0.2, 0.25) is 6.79 Å². The molecule has 1 aromatic heterocycles. The number of phosphoric acid groups is 1. The third kappa shape index (κ3) is 3.48. The second-order valence-corrected chi connectivity index (χ2v) is 6.94. The summed E-state index contributed by atoms with van der Waals surface area (Å²) in [6.45, 7) is 0.0890. The number of rotatable bonds is 4. The Kier molecular flexibility index (Phi) is 4.07. The number of aromatic nitrogens is 1. The molecule has 2 heterocycles. The van der Waals surface area contributed by atoms with Gasteiger partial charge in [0.25, 0.3) is 0 Å². The summed E-state index contributed by atoms with van der Waals surface area (Å²) >= 11 is 0. The number of ether oxygens (including phenoxy) is 3. The topological polar surface area (TPSA) is 127 Å². The van der Waals surface area contributed by atoms with Gasteiger partial charge in [0.15, 0.2) is 16.9 Å². The number of hydrogen-bond acceptors (Lipinski definition) is 6. The highest BCUT2D eigenvalue weighted by molar-refractivity contribution is 7.46. The Balaban J connectivity index is 1.86. The minimum absolute atomic E-state index is 0.0890. The Bertz CT molecular complexity index is 1150. The van der Waals surface area contributed by atoms with Crippen LogP contribution in [-0.4, -0.2) is 28.7 Å². The molecule has 1 aliphatic heterocycles. The smallest absolute Gasteiger partial charge is 0.497 e. The van der Waals surface area contributed by atoms with E-state index in [9.17, 15) is 9.36 Å². The van der Waals surface area contributed by atoms with Crippen molar-refractivity contribution in [1.82, 2.24) is 4.98 Å². The zero-order chi connectivity index (χ0) is 19.2. The lowest BCUT2D eigenvalue weighted by molar-refractivity contribution is 0.174. The SMILES string of the molecule is COc1cc(OP(=O)(O)O)cc(-c2cc(=O)c3cc4c(cc3[nH]2)OCO4)c1. The van der Waals surface area contributed by atoms with Crippen molar-refractivity contribution in [3.8, 4) is 34.3 Å². The number of pyridine rings is 1. The summed E-state index contributed by atoms with van der Waals surface area (Å²) in [6, 6.07) is 8.98. The molecule has 0 radical (unpaired) electrons. The van der Waals surface area contributed by atoms with Crippen molar-refractivity contribution in [2.75, 3.05) is 13.9 Å². The fourth-order valence-electron chi connectivity index (χ4n) is 2.83. The Morgan fingerprint density at radius 1 is 1.04 bits per heavy atom. The van der Waals surface area contributed by atoms with Crippen LogP contribution in [0.3, 0.4) is 0 Å². The molecule has 3 N–H and O–H groups in total. The third-order valence-electron chi connectivity index (χ3n) is 3.97. The molecule has 0 bridgehead atoms. The van der Waals surface area contributed by atoms with E-state index < -0.39 is 7.82 Å². The van der Waals surface area contributed by atoms with E-state index >= 15 is 0 Å². The summed E-state index contributed by atoms with van der Waals surface area (Å²) in [4.78, 5) is 33.7. The van der Waals surface area contributed by atoms with Gasteiger partial charge in [-0.05, 0) is 18.2 Å². The van der Waals surface area contributed by atoms with Crippen molar-refractivity contribution in [2.24, 2.45) is 0 Å². The maximum atomic E-state index is 12.5. The molecule has 1 aliphatic rings. The van der Waals surface area contributed by atoms with Crippen LogP contribution in [0, 0.1) is 0 Å². The Hall–Kier alpha value is -3.00. The molecular weight excluding hydrogens is 377 g/mol. The molecule has 0 aliphatic carbocycles. The molecule has 3 aromatic rings. The first-order valence-corrected chi connectivity index (χ1v) is 9.27. The predicted octanol–water partition coefficient (Wildman–Crippen LogP) is 2.40. The van der Waals surface area contributed by atoms with E-state index in [-0.39, 0.29) is 18.0 Å². The van der Waals surface area contributed by atoms with Crippen molar-refractivity contribution in [3.05, 3.63) is 46.6 Å². The van der Waals surface area contributed by atoms with E-state index in [1.165, 1.54) is 25.3 Å². The van der Waals surface area contributed by atoms with Crippen LogP contribution in [0.5, 0.6) is 23.0 Å². The quantitative estimate of drug-likeness (QED) is 0.579. The highest BCUT2D eigenvalue weighted by Crippen LogP contribution is 2.41. The van der Waals surface area contributed by atoms with Crippen LogP contribution < -0.4 is 24.2 Å². The Labute approximate surface area is 152 Å². The van der Waals surface area contributed by atoms with Crippen molar-refractivity contribution < 1.29 is 33.1 Å². The van der Waals surface area contributed by atoms with E-state index in [4.69, 9.17) is 24.0 Å². The average Bonchev–Trinajstić information content (AvgIpc) is 3.05. The maximum Gasteiger partial charge on any atom is 0.524 e. The van der Waals surface area contributed by atoms with Gasteiger partial charge in [-0.1, -0.05) is 0 Å². The number of H-pyrrole nitrogens is 1. The van der Waals surface area contributed by atoms with Crippen LogP contribution in [0.2, 0.25) is 0 Å². The molecule has 0 amide bonds. The molecule has 140 valence electrons. The standard InChI is InChI=1S/C17H14NO8P/c1-23-10-2-9(3-11(4-10)26-27(20,21)22)13-6-15(19)12-5-16-17(25-8-24-16)7-14(12)18-13/h2-7H,8H2,1H3,(H,18,19)(H2,20,21,22). The lowest BCUT2D eigenvalue weighted by Crippen LogP contribution is -2.03. The first-order chi connectivity index (χ1) is 12.8. The monoisotopic (exact) mass is 391 g/mol. The second-order valence-electron chi connectivity index (χ2n) is 5.78. The summed E-state index contributed by atoms with van der Waals surface area (Å²) in [5.41, 5.74) is 1.15. The molecule has 0 atom stereocenters. The second kappa shape index (κ2) is 6.31. The highest BCUT2D eigenvalue weighted by atomic mass is 31.2. The number of hydrogen-bond donors (Lipinski definition) is 3. The van der Waals surface area contributed by atoms with Gasteiger partial charge in [-0.2, -0.15) is 0 Å². The van der Waals surface area contributed by atoms with Crippen LogP contribution in [0.4, 0.5) is 0 Å². The van der Waals surface area contributed by atoms with Crippen LogP contribution in [0.15, 0.2) is 41.2 Å². The number of fused-ring (bicyclic) bond motifs is 2. The third-order valence-corrected chi connectivity index (χ3v) is 4.42. The number of phosphoric ester groups is 1. The van der Waals surface area contributed by atoms with Crippen LogP contribution in [-0.2, 0) is 4.57 Å². The van der Waals surface area contributed by atoms with Crippen LogP contribution >= 0.6 is 7.82 Å². The van der Waals surface area contributed by atoms with Crippen molar-refractivity contribution in [2.45, 2.75) is 0 Å². The Morgan fingerprint density at radius 2 is 1.74 bits per heavy atom. The van der Waals surface area contributed by atoms with Gasteiger partial charge in [0, 0.05) is 34.8 Å². The first-order valence-electron chi connectivity index (χ1n) is 7.74. The van der Waals surface area contributed by atoms with E-state index in [2.05, 4.69) is 9.51 Å².